The molecule has 0 aromatic carbocycles. The van der Waals surface area contributed by atoms with Crippen molar-refractivity contribution in [2.75, 3.05) is 13.6 Å². The predicted molar refractivity (Wildman–Crippen MR) is 57.3 cm³/mol. The molecule has 0 aromatic heterocycles. The highest BCUT2D eigenvalue weighted by atomic mass is 16.4. The van der Waals surface area contributed by atoms with Gasteiger partial charge in [-0.3, -0.25) is 9.59 Å². The molecular formula is C10H20N2O3. The van der Waals surface area contributed by atoms with E-state index in [0.29, 0.717) is 0 Å². The van der Waals surface area contributed by atoms with E-state index in [1.807, 2.05) is 0 Å². The Labute approximate surface area is 90.2 Å². The average molecular weight is 216 g/mol. The molecule has 0 bridgehead atoms. The van der Waals surface area contributed by atoms with Gasteiger partial charge in [0.1, 0.15) is 6.54 Å². The third-order valence-corrected chi connectivity index (χ3v) is 2.86. The Hall–Kier alpha value is -1.10. The molecule has 0 atom stereocenters. The summed E-state index contributed by atoms with van der Waals surface area (Å²) in [6.07, 6.45) is 0. The van der Waals surface area contributed by atoms with Gasteiger partial charge in [-0.1, -0.05) is 0 Å². The summed E-state index contributed by atoms with van der Waals surface area (Å²) in [5, 5.41) is 8.58. The molecule has 0 unspecified atom stereocenters. The molecule has 0 aliphatic rings. The monoisotopic (exact) mass is 216 g/mol. The summed E-state index contributed by atoms with van der Waals surface area (Å²) in [5.41, 5.74) is 4.40. The third kappa shape index (κ3) is 3.20. The molecule has 0 rings (SSSR count). The molecule has 1 amide bonds. The van der Waals surface area contributed by atoms with Crippen molar-refractivity contribution in [3.63, 3.8) is 0 Å². The van der Waals surface area contributed by atoms with Crippen molar-refractivity contribution in [2.24, 2.45) is 11.1 Å². The van der Waals surface area contributed by atoms with Crippen LogP contribution in [0.15, 0.2) is 0 Å². The zero-order valence-electron chi connectivity index (χ0n) is 10.00. The molecule has 5 heteroatoms. The zero-order valence-corrected chi connectivity index (χ0v) is 10.00. The molecule has 0 aliphatic carbocycles. The van der Waals surface area contributed by atoms with Crippen LogP contribution in [-0.2, 0) is 9.59 Å². The van der Waals surface area contributed by atoms with Gasteiger partial charge in [0, 0.05) is 12.6 Å². The number of hydrogen-bond acceptors (Lipinski definition) is 3. The van der Waals surface area contributed by atoms with Crippen LogP contribution in [0, 0.1) is 5.41 Å². The van der Waals surface area contributed by atoms with Crippen molar-refractivity contribution in [3.05, 3.63) is 0 Å². The van der Waals surface area contributed by atoms with Gasteiger partial charge in [0.2, 0.25) is 5.91 Å². The van der Waals surface area contributed by atoms with Crippen LogP contribution in [0.1, 0.15) is 27.7 Å². The molecule has 88 valence electrons. The molecule has 0 aliphatic heterocycles. The Bertz CT molecular complexity index is 266. The normalized spacial score (nSPS) is 12.4. The smallest absolute Gasteiger partial charge is 0.323 e. The number of hydrogen-bond donors (Lipinski definition) is 2. The summed E-state index contributed by atoms with van der Waals surface area (Å²) in [5.74, 6) is -1.30. The first-order valence-corrected chi connectivity index (χ1v) is 4.76. The van der Waals surface area contributed by atoms with Crippen molar-refractivity contribution in [3.8, 4) is 0 Å². The number of likely N-dealkylation sites (N-methyl/N-ethyl adjacent to an activating group) is 1. The second-order valence-electron chi connectivity index (χ2n) is 4.90. The number of nitrogens with two attached hydrogens (primary N) is 1. The van der Waals surface area contributed by atoms with Crippen molar-refractivity contribution in [1.82, 2.24) is 4.90 Å². The maximum atomic E-state index is 11.9. The van der Waals surface area contributed by atoms with Crippen LogP contribution in [0.2, 0.25) is 0 Å². The lowest BCUT2D eigenvalue weighted by Gasteiger charge is -2.39. The maximum absolute atomic E-state index is 11.9. The largest absolute Gasteiger partial charge is 0.480 e. The van der Waals surface area contributed by atoms with E-state index in [1.54, 1.807) is 27.7 Å². The Balaban J connectivity index is 4.78. The Kier molecular flexibility index (Phi) is 3.88. The summed E-state index contributed by atoms with van der Waals surface area (Å²) in [4.78, 5) is 23.6. The van der Waals surface area contributed by atoms with Gasteiger partial charge in [-0.2, -0.15) is 0 Å². The van der Waals surface area contributed by atoms with Crippen molar-refractivity contribution < 1.29 is 14.7 Å². The van der Waals surface area contributed by atoms with Crippen LogP contribution in [0.3, 0.4) is 0 Å². The lowest BCUT2D eigenvalue weighted by Crippen LogP contribution is -2.56. The average Bonchev–Trinajstić information content (AvgIpc) is 1.99. The molecule has 0 aromatic rings. The van der Waals surface area contributed by atoms with Gasteiger partial charge in [-0.05, 0) is 27.7 Å². The third-order valence-electron chi connectivity index (χ3n) is 2.86. The second kappa shape index (κ2) is 4.18. The number of aliphatic carboxylic acids is 1. The van der Waals surface area contributed by atoms with E-state index in [4.69, 9.17) is 10.8 Å². The first-order valence-electron chi connectivity index (χ1n) is 4.76. The minimum atomic E-state index is -1.03. The van der Waals surface area contributed by atoms with Gasteiger partial charge in [0.05, 0.1) is 5.41 Å². The lowest BCUT2D eigenvalue weighted by atomic mass is 9.74. The number of carboxylic acid groups (broad SMARTS) is 1. The minimum absolute atomic E-state index is 0.266. The van der Waals surface area contributed by atoms with E-state index >= 15 is 0 Å². The van der Waals surface area contributed by atoms with Gasteiger partial charge in [0.15, 0.2) is 0 Å². The van der Waals surface area contributed by atoms with Crippen molar-refractivity contribution in [1.29, 1.82) is 0 Å². The SMILES string of the molecule is CN(CC(=O)O)C(=O)C(C)(C)C(C)(C)N. The summed E-state index contributed by atoms with van der Waals surface area (Å²) >= 11 is 0. The maximum Gasteiger partial charge on any atom is 0.323 e. The van der Waals surface area contributed by atoms with Crippen LogP contribution in [-0.4, -0.2) is 41.0 Å². The molecule has 0 heterocycles. The highest BCUT2D eigenvalue weighted by Gasteiger charge is 2.42. The van der Waals surface area contributed by atoms with E-state index in [2.05, 4.69) is 0 Å². The molecular weight excluding hydrogens is 196 g/mol. The van der Waals surface area contributed by atoms with Gasteiger partial charge >= 0.3 is 5.97 Å². The van der Waals surface area contributed by atoms with Crippen LogP contribution < -0.4 is 5.73 Å². The zero-order chi connectivity index (χ0) is 12.4. The molecule has 0 saturated heterocycles. The quantitative estimate of drug-likeness (QED) is 0.707. The molecule has 0 radical (unpaired) electrons. The van der Waals surface area contributed by atoms with E-state index in [-0.39, 0.29) is 12.5 Å². The van der Waals surface area contributed by atoms with Crippen LogP contribution >= 0.6 is 0 Å². The first kappa shape index (κ1) is 13.9. The topological polar surface area (TPSA) is 83.6 Å². The molecule has 0 fully saturated rings. The number of nitrogens with zero attached hydrogens (tertiary/aromatic N) is 1. The highest BCUT2D eigenvalue weighted by molar-refractivity contribution is 5.86. The summed E-state index contributed by atoms with van der Waals surface area (Å²) in [7, 11) is 1.46. The van der Waals surface area contributed by atoms with E-state index < -0.39 is 16.9 Å². The fourth-order valence-electron chi connectivity index (χ4n) is 1.03. The van der Waals surface area contributed by atoms with Crippen molar-refractivity contribution >= 4 is 11.9 Å². The second-order valence-corrected chi connectivity index (χ2v) is 4.90. The minimum Gasteiger partial charge on any atom is -0.480 e. The number of rotatable bonds is 4. The highest BCUT2D eigenvalue weighted by Crippen LogP contribution is 2.30. The molecule has 0 saturated carbocycles. The van der Waals surface area contributed by atoms with E-state index in [0.717, 1.165) is 0 Å². The van der Waals surface area contributed by atoms with Crippen LogP contribution in [0.5, 0.6) is 0 Å². The fourth-order valence-corrected chi connectivity index (χ4v) is 1.03. The van der Waals surface area contributed by atoms with E-state index in [1.165, 1.54) is 11.9 Å². The Morgan fingerprint density at radius 1 is 1.27 bits per heavy atom. The number of carbonyl (C=O) groups excluding carboxylic acids is 1. The standard InChI is InChI=1S/C10H20N2O3/c1-9(2,10(3,4)11)8(15)12(5)6-7(13)14/h6,11H2,1-5H3,(H,13,14). The number of amides is 1. The van der Waals surface area contributed by atoms with Gasteiger partial charge < -0.3 is 15.7 Å². The summed E-state index contributed by atoms with van der Waals surface area (Å²) in [6, 6.07) is 0. The lowest BCUT2D eigenvalue weighted by molar-refractivity contribution is -0.149. The summed E-state index contributed by atoms with van der Waals surface area (Å²) in [6.45, 7) is 6.62. The molecule has 3 N–H and O–H groups in total. The Morgan fingerprint density at radius 2 is 1.67 bits per heavy atom. The van der Waals surface area contributed by atoms with Crippen LogP contribution in [0.25, 0.3) is 0 Å². The van der Waals surface area contributed by atoms with Gasteiger partial charge in [-0.25, -0.2) is 0 Å². The van der Waals surface area contributed by atoms with E-state index in [9.17, 15) is 9.59 Å². The van der Waals surface area contributed by atoms with Gasteiger partial charge in [0.25, 0.3) is 0 Å². The predicted octanol–water partition coefficient (Wildman–Crippen LogP) is 0.293. The molecule has 0 spiro atoms. The first-order chi connectivity index (χ1) is 6.50. The fraction of sp³-hybridized carbons (Fsp3) is 0.800. The molecule has 5 nitrogen and oxygen atoms in total. The number of carbonyl (C=O) groups is 2. The Morgan fingerprint density at radius 3 is 1.93 bits per heavy atom. The van der Waals surface area contributed by atoms with Crippen molar-refractivity contribution in [2.45, 2.75) is 33.2 Å². The summed E-state index contributed by atoms with van der Waals surface area (Å²) < 4.78 is 0. The molecule has 15 heavy (non-hydrogen) atoms. The van der Waals surface area contributed by atoms with Gasteiger partial charge in [-0.15, -0.1) is 0 Å². The number of carboxylic acids is 1. The van der Waals surface area contributed by atoms with Crippen LogP contribution in [0.4, 0.5) is 0 Å².